The van der Waals surface area contributed by atoms with E-state index in [1.54, 1.807) is 13.1 Å². The van der Waals surface area contributed by atoms with Crippen LogP contribution in [0.1, 0.15) is 12.0 Å². The molecule has 5 nitrogen and oxygen atoms in total. The zero-order valence-electron chi connectivity index (χ0n) is 10.2. The maximum atomic E-state index is 12.3. The molecule has 0 saturated carbocycles. The molecule has 1 atom stereocenters. The zero-order valence-corrected chi connectivity index (χ0v) is 10.2. The summed E-state index contributed by atoms with van der Waals surface area (Å²) in [5.41, 5.74) is 1.73. The monoisotopic (exact) mass is 248 g/mol. The standard InChI is InChI=1S/C13H16N2O3/c1-14-10-7-6-9-4-2-3-5-11(9)15(13(10)18)8-12(16)17/h2-5,10,14H,6-8H2,1H3,(H,16,17). The lowest BCUT2D eigenvalue weighted by molar-refractivity contribution is -0.136. The van der Waals surface area contributed by atoms with Gasteiger partial charge in [-0.05, 0) is 31.5 Å². The van der Waals surface area contributed by atoms with Crippen LogP contribution in [-0.2, 0) is 16.0 Å². The Hall–Kier alpha value is -1.88. The van der Waals surface area contributed by atoms with Gasteiger partial charge < -0.3 is 10.4 Å². The zero-order chi connectivity index (χ0) is 13.1. The Balaban J connectivity index is 2.41. The van der Waals surface area contributed by atoms with Crippen molar-refractivity contribution in [3.05, 3.63) is 29.8 Å². The molecule has 1 unspecified atom stereocenters. The van der Waals surface area contributed by atoms with Gasteiger partial charge >= 0.3 is 5.97 Å². The van der Waals surface area contributed by atoms with Crippen LogP contribution in [0.15, 0.2) is 24.3 Å². The molecular weight excluding hydrogens is 232 g/mol. The summed E-state index contributed by atoms with van der Waals surface area (Å²) in [7, 11) is 1.72. The van der Waals surface area contributed by atoms with E-state index in [1.807, 2.05) is 18.2 Å². The van der Waals surface area contributed by atoms with E-state index in [2.05, 4.69) is 5.32 Å². The predicted molar refractivity (Wildman–Crippen MR) is 67.6 cm³/mol. The smallest absolute Gasteiger partial charge is 0.323 e. The molecule has 0 spiro atoms. The molecule has 2 rings (SSSR count). The lowest BCUT2D eigenvalue weighted by Gasteiger charge is -2.23. The molecule has 1 aliphatic rings. The minimum Gasteiger partial charge on any atom is -0.480 e. The molecule has 1 amide bonds. The van der Waals surface area contributed by atoms with Crippen LogP contribution < -0.4 is 10.2 Å². The first kappa shape index (κ1) is 12.6. The van der Waals surface area contributed by atoms with Gasteiger partial charge in [0.15, 0.2) is 0 Å². The summed E-state index contributed by atoms with van der Waals surface area (Å²) in [4.78, 5) is 24.5. The number of carbonyl (C=O) groups is 2. The van der Waals surface area contributed by atoms with Crippen LogP contribution in [0.4, 0.5) is 5.69 Å². The number of carbonyl (C=O) groups excluding carboxylic acids is 1. The van der Waals surface area contributed by atoms with Gasteiger partial charge in [0.25, 0.3) is 0 Å². The number of fused-ring (bicyclic) bond motifs is 1. The van der Waals surface area contributed by atoms with E-state index < -0.39 is 5.97 Å². The van der Waals surface area contributed by atoms with Crippen molar-refractivity contribution in [3.8, 4) is 0 Å². The number of anilines is 1. The summed E-state index contributed by atoms with van der Waals surface area (Å²) in [6.45, 7) is -0.298. The maximum absolute atomic E-state index is 12.3. The molecule has 0 fully saturated rings. The first-order valence-electron chi connectivity index (χ1n) is 5.92. The lowest BCUT2D eigenvalue weighted by atomic mass is 10.1. The van der Waals surface area contributed by atoms with E-state index in [0.29, 0.717) is 12.1 Å². The Morgan fingerprint density at radius 1 is 1.50 bits per heavy atom. The number of hydrogen-bond donors (Lipinski definition) is 2. The lowest BCUT2D eigenvalue weighted by Crippen LogP contribution is -2.46. The van der Waals surface area contributed by atoms with Gasteiger partial charge in [0, 0.05) is 5.69 Å². The van der Waals surface area contributed by atoms with Gasteiger partial charge in [0.05, 0.1) is 6.04 Å². The van der Waals surface area contributed by atoms with Crippen LogP contribution in [0.25, 0.3) is 0 Å². The molecule has 1 aromatic rings. The second-order valence-corrected chi connectivity index (χ2v) is 4.33. The fourth-order valence-corrected chi connectivity index (χ4v) is 2.28. The topological polar surface area (TPSA) is 69.6 Å². The summed E-state index contributed by atoms with van der Waals surface area (Å²) >= 11 is 0. The fraction of sp³-hybridized carbons (Fsp3) is 0.385. The van der Waals surface area contributed by atoms with Gasteiger partial charge in [-0.25, -0.2) is 0 Å². The molecule has 1 aliphatic heterocycles. The largest absolute Gasteiger partial charge is 0.480 e. The summed E-state index contributed by atoms with van der Waals surface area (Å²) in [5, 5.41) is 11.9. The van der Waals surface area contributed by atoms with Crippen molar-refractivity contribution in [1.82, 2.24) is 5.32 Å². The van der Waals surface area contributed by atoms with Crippen molar-refractivity contribution in [2.24, 2.45) is 0 Å². The minimum absolute atomic E-state index is 0.176. The summed E-state index contributed by atoms with van der Waals surface area (Å²) in [6, 6.07) is 7.14. The second-order valence-electron chi connectivity index (χ2n) is 4.33. The molecule has 18 heavy (non-hydrogen) atoms. The number of nitrogens with zero attached hydrogens (tertiary/aromatic N) is 1. The quantitative estimate of drug-likeness (QED) is 0.823. The Morgan fingerprint density at radius 2 is 2.22 bits per heavy atom. The van der Waals surface area contributed by atoms with Gasteiger partial charge in [-0.15, -0.1) is 0 Å². The molecule has 0 aliphatic carbocycles. The molecular formula is C13H16N2O3. The van der Waals surface area contributed by atoms with Gasteiger partial charge in [0.1, 0.15) is 6.54 Å². The highest BCUT2D eigenvalue weighted by atomic mass is 16.4. The number of para-hydroxylation sites is 1. The van der Waals surface area contributed by atoms with Crippen molar-refractivity contribution in [2.75, 3.05) is 18.5 Å². The summed E-state index contributed by atoms with van der Waals surface area (Å²) in [6.07, 6.45) is 1.45. The third-order valence-electron chi connectivity index (χ3n) is 3.19. The van der Waals surface area contributed by atoms with Crippen molar-refractivity contribution in [1.29, 1.82) is 0 Å². The number of carboxylic acids is 1. The number of likely N-dealkylation sites (N-methyl/N-ethyl adjacent to an activating group) is 1. The Labute approximate surface area is 105 Å². The van der Waals surface area contributed by atoms with E-state index in [1.165, 1.54) is 4.90 Å². The highest BCUT2D eigenvalue weighted by molar-refractivity contribution is 6.01. The average molecular weight is 248 g/mol. The molecule has 0 bridgehead atoms. The Kier molecular flexibility index (Phi) is 3.62. The number of nitrogens with one attached hydrogen (secondary N) is 1. The predicted octanol–water partition coefficient (Wildman–Crippen LogP) is 0.638. The third kappa shape index (κ3) is 2.36. The highest BCUT2D eigenvalue weighted by Gasteiger charge is 2.30. The van der Waals surface area contributed by atoms with E-state index >= 15 is 0 Å². The van der Waals surface area contributed by atoms with Crippen LogP contribution in [0, 0.1) is 0 Å². The molecule has 1 aromatic carbocycles. The van der Waals surface area contributed by atoms with Crippen LogP contribution in [0.2, 0.25) is 0 Å². The van der Waals surface area contributed by atoms with Crippen LogP contribution >= 0.6 is 0 Å². The molecule has 96 valence electrons. The van der Waals surface area contributed by atoms with E-state index in [0.717, 1.165) is 12.0 Å². The van der Waals surface area contributed by atoms with Gasteiger partial charge in [-0.1, -0.05) is 18.2 Å². The van der Waals surface area contributed by atoms with E-state index in [-0.39, 0.29) is 18.5 Å². The Bertz CT molecular complexity index is 473. The second kappa shape index (κ2) is 5.18. The SMILES string of the molecule is CNC1CCc2ccccc2N(CC(=O)O)C1=O. The molecule has 2 N–H and O–H groups in total. The Morgan fingerprint density at radius 3 is 2.89 bits per heavy atom. The molecule has 0 radical (unpaired) electrons. The first-order chi connectivity index (χ1) is 8.63. The van der Waals surface area contributed by atoms with Gasteiger partial charge in [0.2, 0.25) is 5.91 Å². The van der Waals surface area contributed by atoms with E-state index in [4.69, 9.17) is 5.11 Å². The van der Waals surface area contributed by atoms with Gasteiger partial charge in [-0.3, -0.25) is 14.5 Å². The van der Waals surface area contributed by atoms with Crippen molar-refractivity contribution in [2.45, 2.75) is 18.9 Å². The third-order valence-corrected chi connectivity index (χ3v) is 3.19. The fourth-order valence-electron chi connectivity index (χ4n) is 2.28. The van der Waals surface area contributed by atoms with Crippen molar-refractivity contribution >= 4 is 17.6 Å². The first-order valence-corrected chi connectivity index (χ1v) is 5.92. The molecule has 0 saturated heterocycles. The number of amides is 1. The number of rotatable bonds is 3. The normalized spacial score (nSPS) is 19.3. The number of benzene rings is 1. The highest BCUT2D eigenvalue weighted by Crippen LogP contribution is 2.26. The minimum atomic E-state index is -1.00. The average Bonchev–Trinajstić information content (AvgIpc) is 2.48. The number of aryl methyl sites for hydroxylation is 1. The molecule has 0 aromatic heterocycles. The van der Waals surface area contributed by atoms with Crippen LogP contribution in [0.3, 0.4) is 0 Å². The number of aliphatic carboxylic acids is 1. The number of hydrogen-bond acceptors (Lipinski definition) is 3. The molecule has 5 heteroatoms. The van der Waals surface area contributed by atoms with Crippen molar-refractivity contribution in [3.63, 3.8) is 0 Å². The summed E-state index contributed by atoms with van der Waals surface area (Å²) in [5.74, 6) is -1.18. The maximum Gasteiger partial charge on any atom is 0.323 e. The van der Waals surface area contributed by atoms with Crippen LogP contribution in [0.5, 0.6) is 0 Å². The van der Waals surface area contributed by atoms with Gasteiger partial charge in [-0.2, -0.15) is 0 Å². The van der Waals surface area contributed by atoms with Crippen molar-refractivity contribution < 1.29 is 14.7 Å². The molecule has 1 heterocycles. The summed E-state index contributed by atoms with van der Waals surface area (Å²) < 4.78 is 0. The van der Waals surface area contributed by atoms with Crippen LogP contribution in [-0.4, -0.2) is 36.6 Å². The van der Waals surface area contributed by atoms with E-state index in [9.17, 15) is 9.59 Å². The number of carboxylic acid groups (broad SMARTS) is 1.